The minimum absolute atomic E-state index is 0.00288. The SMILES string of the molecule is OCC1OC(OC2=C(c3ccc(O)c(OC4OC(CO)C(O)C(O)C4O)c3)[OH+]C3C=C(O)C=C(O)C3=C2)C(O)C(O)C1O. The molecular formula is C27H33O16+. The van der Waals surface area contributed by atoms with Crippen LogP contribution in [-0.4, -0.2) is 142 Å². The van der Waals surface area contributed by atoms with E-state index in [0.29, 0.717) is 0 Å². The fourth-order valence-electron chi connectivity index (χ4n) is 5.00. The van der Waals surface area contributed by atoms with Crippen LogP contribution in [0, 0.1) is 0 Å². The molecule has 2 fully saturated rings. The summed E-state index contributed by atoms with van der Waals surface area (Å²) >= 11 is 0. The normalized spacial score (nSPS) is 37.9. The molecule has 0 aromatic heterocycles. The number of rotatable bonds is 7. The third-order valence-corrected chi connectivity index (χ3v) is 7.43. The van der Waals surface area contributed by atoms with Crippen LogP contribution in [0.25, 0.3) is 5.76 Å². The zero-order chi connectivity index (χ0) is 31.2. The van der Waals surface area contributed by atoms with Crippen molar-refractivity contribution in [1.82, 2.24) is 0 Å². The van der Waals surface area contributed by atoms with Crippen molar-refractivity contribution < 1.29 is 79.9 Å². The van der Waals surface area contributed by atoms with Gasteiger partial charge in [-0.3, -0.25) is 0 Å². The van der Waals surface area contributed by atoms with Gasteiger partial charge in [0.15, 0.2) is 11.5 Å². The van der Waals surface area contributed by atoms with Gasteiger partial charge < -0.3 is 79.9 Å². The molecule has 16 nitrogen and oxygen atoms in total. The lowest BCUT2D eigenvalue weighted by atomic mass is 9.96. The van der Waals surface area contributed by atoms with Gasteiger partial charge in [0.05, 0.1) is 30.4 Å². The molecule has 1 aromatic carbocycles. The Bertz CT molecular complexity index is 1320. The van der Waals surface area contributed by atoms with Crippen molar-refractivity contribution in [3.63, 3.8) is 0 Å². The van der Waals surface area contributed by atoms with Crippen LogP contribution in [0.15, 0.2) is 59.3 Å². The molecular weight excluding hydrogens is 580 g/mol. The number of hydrogen-bond donors (Lipinski definition) is 11. The molecule has 12 N–H and O–H groups in total. The molecule has 2 saturated heterocycles. The van der Waals surface area contributed by atoms with Crippen molar-refractivity contribution in [2.75, 3.05) is 13.2 Å². The van der Waals surface area contributed by atoms with Crippen LogP contribution < -0.4 is 4.74 Å². The van der Waals surface area contributed by atoms with Crippen LogP contribution in [-0.2, 0) is 14.2 Å². The van der Waals surface area contributed by atoms with Crippen molar-refractivity contribution in [3.8, 4) is 11.5 Å². The van der Waals surface area contributed by atoms with E-state index in [1.807, 2.05) is 0 Å². The molecule has 4 aliphatic rings. The fourth-order valence-corrected chi connectivity index (χ4v) is 5.00. The molecule has 1 aliphatic carbocycles. The Kier molecular flexibility index (Phi) is 8.87. The summed E-state index contributed by atoms with van der Waals surface area (Å²) in [5.74, 6) is -1.51. The molecule has 0 bridgehead atoms. The van der Waals surface area contributed by atoms with Gasteiger partial charge in [0.25, 0.3) is 0 Å². The van der Waals surface area contributed by atoms with E-state index in [-0.39, 0.29) is 39.9 Å². The monoisotopic (exact) mass is 613 g/mol. The third kappa shape index (κ3) is 5.89. The second kappa shape index (κ2) is 12.3. The van der Waals surface area contributed by atoms with Gasteiger partial charge in [-0.1, -0.05) is 0 Å². The van der Waals surface area contributed by atoms with Gasteiger partial charge in [-0.15, -0.1) is 0 Å². The zero-order valence-electron chi connectivity index (χ0n) is 22.2. The first kappa shape index (κ1) is 31.0. The fraction of sp³-hybridized carbons (Fsp3) is 0.481. The van der Waals surface area contributed by atoms with Crippen LogP contribution in [0.3, 0.4) is 0 Å². The first-order chi connectivity index (χ1) is 20.4. The lowest BCUT2D eigenvalue weighted by molar-refractivity contribution is -0.290. The lowest BCUT2D eigenvalue weighted by Crippen LogP contribution is -2.60. The van der Waals surface area contributed by atoms with Crippen LogP contribution in [0.2, 0.25) is 0 Å². The largest absolute Gasteiger partial charge is 0.571 e. The molecule has 0 radical (unpaired) electrons. The summed E-state index contributed by atoms with van der Waals surface area (Å²) in [5.41, 5.74) is 0.354. The topological polar surface area (TPSA) is 272 Å². The summed E-state index contributed by atoms with van der Waals surface area (Å²) in [6, 6.07) is 3.81. The Morgan fingerprint density at radius 3 is 1.88 bits per heavy atom. The van der Waals surface area contributed by atoms with E-state index in [9.17, 15) is 56.2 Å². The van der Waals surface area contributed by atoms with E-state index < -0.39 is 86.5 Å². The number of ether oxygens (including phenoxy) is 5. The summed E-state index contributed by atoms with van der Waals surface area (Å²) < 4.78 is 26.8. The Balaban J connectivity index is 1.52. The average molecular weight is 614 g/mol. The van der Waals surface area contributed by atoms with Gasteiger partial charge in [0, 0.05) is 18.2 Å². The quantitative estimate of drug-likeness (QED) is 0.135. The molecule has 3 heterocycles. The molecule has 3 aliphatic heterocycles. The van der Waals surface area contributed by atoms with Crippen molar-refractivity contribution in [2.24, 2.45) is 0 Å². The van der Waals surface area contributed by atoms with E-state index >= 15 is 0 Å². The lowest BCUT2D eigenvalue weighted by Gasteiger charge is -2.40. The Labute approximate surface area is 243 Å². The summed E-state index contributed by atoms with van der Waals surface area (Å²) in [4.78, 5) is 0. The molecule has 1 aromatic rings. The number of aliphatic hydroxyl groups is 12. The Hall–Kier alpha value is -3.42. The van der Waals surface area contributed by atoms with Crippen molar-refractivity contribution in [3.05, 3.63) is 64.8 Å². The number of hydrogen-bond acceptors (Lipinski definition) is 15. The van der Waals surface area contributed by atoms with Crippen LogP contribution >= 0.6 is 0 Å². The van der Waals surface area contributed by atoms with Crippen LogP contribution in [0.4, 0.5) is 0 Å². The van der Waals surface area contributed by atoms with Gasteiger partial charge in [0.1, 0.15) is 60.4 Å². The summed E-state index contributed by atoms with van der Waals surface area (Å²) in [6.45, 7) is -1.42. The number of phenols is 1. The second-order valence-electron chi connectivity index (χ2n) is 10.3. The number of aliphatic hydroxyl groups excluding tert-OH is 10. The van der Waals surface area contributed by atoms with E-state index in [2.05, 4.69) is 4.74 Å². The van der Waals surface area contributed by atoms with Crippen molar-refractivity contribution >= 4 is 5.76 Å². The predicted octanol–water partition coefficient (Wildman–Crippen LogP) is -3.21. The second-order valence-corrected chi connectivity index (χ2v) is 10.3. The number of fused-ring (bicyclic) bond motifs is 1. The number of aromatic hydroxyl groups is 1. The highest BCUT2D eigenvalue weighted by atomic mass is 16.7. The average Bonchev–Trinajstić information content (AvgIpc) is 2.98. The number of allylic oxidation sites excluding steroid dienone is 2. The van der Waals surface area contributed by atoms with Gasteiger partial charge in [-0.2, -0.15) is 0 Å². The maximum Gasteiger partial charge on any atom is 0.305 e. The summed E-state index contributed by atoms with van der Waals surface area (Å²) in [6.07, 6.45) is -13.4. The maximum atomic E-state index is 10.5. The first-order valence-corrected chi connectivity index (χ1v) is 13.2. The van der Waals surface area contributed by atoms with Gasteiger partial charge in [-0.05, 0) is 12.1 Å². The highest BCUT2D eigenvalue weighted by Gasteiger charge is 2.47. The van der Waals surface area contributed by atoms with E-state index in [4.69, 9.17) is 18.9 Å². The van der Waals surface area contributed by atoms with E-state index in [1.54, 1.807) is 0 Å². The van der Waals surface area contributed by atoms with E-state index in [1.165, 1.54) is 30.4 Å². The van der Waals surface area contributed by atoms with E-state index in [0.717, 1.165) is 6.08 Å². The first-order valence-electron chi connectivity index (χ1n) is 13.2. The van der Waals surface area contributed by atoms with Crippen LogP contribution in [0.5, 0.6) is 11.5 Å². The van der Waals surface area contributed by atoms with Gasteiger partial charge in [-0.25, -0.2) is 0 Å². The zero-order valence-corrected chi connectivity index (χ0v) is 22.2. The summed E-state index contributed by atoms with van der Waals surface area (Å²) in [5, 5.41) is 111. The molecule has 5 rings (SSSR count). The molecule has 0 saturated carbocycles. The van der Waals surface area contributed by atoms with Gasteiger partial charge in [0.2, 0.25) is 24.4 Å². The number of phenolic OH excluding ortho intramolecular Hbond substituents is 1. The van der Waals surface area contributed by atoms with Crippen molar-refractivity contribution in [1.29, 1.82) is 0 Å². The molecule has 16 heteroatoms. The standard InChI is InChI=1S/C27H32O16/c28-7-17-19(33)21(35)23(37)26(42-17)40-15-3-9(1-2-12(15)31)25-16(6-11-13(32)4-10(30)5-14(11)39-25)41-27-24(38)22(36)20(34)18(8-29)43-27/h1-6,14,17-24,26-38H,7-8H2/p+1. The highest BCUT2D eigenvalue weighted by Crippen LogP contribution is 2.39. The third-order valence-electron chi connectivity index (χ3n) is 7.43. The smallest absolute Gasteiger partial charge is 0.305 e. The van der Waals surface area contributed by atoms with Crippen molar-refractivity contribution in [2.45, 2.75) is 67.5 Å². The molecule has 43 heavy (non-hydrogen) atoms. The molecule has 0 amide bonds. The number of benzene rings is 1. The Morgan fingerprint density at radius 2 is 1.30 bits per heavy atom. The Morgan fingerprint density at radius 1 is 0.721 bits per heavy atom. The van der Waals surface area contributed by atoms with Gasteiger partial charge >= 0.3 is 5.76 Å². The molecule has 11 unspecified atom stereocenters. The minimum atomic E-state index is -1.79. The predicted molar refractivity (Wildman–Crippen MR) is 140 cm³/mol. The molecule has 11 atom stereocenters. The molecule has 236 valence electrons. The molecule has 0 spiro atoms. The van der Waals surface area contributed by atoms with Crippen LogP contribution in [0.1, 0.15) is 5.56 Å². The minimum Gasteiger partial charge on any atom is -0.571 e. The summed E-state index contributed by atoms with van der Waals surface area (Å²) in [7, 11) is 0. The maximum absolute atomic E-state index is 10.5. The highest BCUT2D eigenvalue weighted by molar-refractivity contribution is 5.69.